The van der Waals surface area contributed by atoms with Crippen LogP contribution in [0.2, 0.25) is 0 Å². The van der Waals surface area contributed by atoms with Crippen molar-refractivity contribution < 1.29 is 14.6 Å². The van der Waals surface area contributed by atoms with E-state index in [1.54, 1.807) is 13.8 Å². The topological polar surface area (TPSA) is 84.3 Å². The number of carbonyl (C=O) groups is 1. The Bertz CT molecular complexity index is 578. The van der Waals surface area contributed by atoms with E-state index in [1.807, 2.05) is 30.3 Å². The molecule has 0 unspecified atom stereocenters. The number of carbonyl (C=O) groups excluding carboxylic acids is 1. The average Bonchev–Trinajstić information content (AvgIpc) is 2.86. The molecule has 0 saturated heterocycles. The summed E-state index contributed by atoms with van der Waals surface area (Å²) in [7, 11) is 0. The second-order valence-corrected chi connectivity index (χ2v) is 5.64. The quantitative estimate of drug-likeness (QED) is 0.904. The van der Waals surface area contributed by atoms with E-state index in [-0.39, 0.29) is 6.61 Å². The molecule has 1 heterocycles. The van der Waals surface area contributed by atoms with Gasteiger partial charge >= 0.3 is 6.09 Å². The van der Waals surface area contributed by atoms with Crippen molar-refractivity contribution in [1.29, 1.82) is 0 Å². The van der Waals surface area contributed by atoms with Crippen molar-refractivity contribution in [1.82, 2.24) is 10.2 Å². The molecule has 1 aromatic heterocycles. The summed E-state index contributed by atoms with van der Waals surface area (Å²) in [5, 5.41) is 20.5. The van der Waals surface area contributed by atoms with Gasteiger partial charge in [-0.2, -0.15) is 0 Å². The molecule has 0 aliphatic heterocycles. The molecule has 0 fully saturated rings. The first-order valence-electron chi connectivity index (χ1n) is 5.99. The van der Waals surface area contributed by atoms with Crippen molar-refractivity contribution in [3.63, 3.8) is 0 Å². The molecule has 0 spiro atoms. The Morgan fingerprint density at radius 2 is 2.05 bits per heavy atom. The largest absolute Gasteiger partial charge is 0.444 e. The molecule has 0 aliphatic rings. The van der Waals surface area contributed by atoms with E-state index in [0.29, 0.717) is 10.1 Å². The summed E-state index contributed by atoms with van der Waals surface area (Å²) >= 11 is 1.11. The van der Waals surface area contributed by atoms with Crippen LogP contribution in [-0.4, -0.2) is 21.4 Å². The summed E-state index contributed by atoms with van der Waals surface area (Å²) in [6.07, 6.45) is -0.604. The molecule has 0 atom stereocenters. The zero-order chi connectivity index (χ0) is 14.6. The monoisotopic (exact) mass is 293 g/mol. The molecule has 7 heteroatoms. The van der Waals surface area contributed by atoms with Crippen molar-refractivity contribution in [2.45, 2.75) is 26.1 Å². The number of hydrogen-bond acceptors (Lipinski definition) is 6. The second kappa shape index (κ2) is 5.98. The number of aliphatic hydroxyl groups is 1. The van der Waals surface area contributed by atoms with Crippen molar-refractivity contribution in [2.75, 3.05) is 5.32 Å². The van der Waals surface area contributed by atoms with Crippen LogP contribution in [0.3, 0.4) is 0 Å². The highest BCUT2D eigenvalue weighted by Crippen LogP contribution is 2.25. The first-order chi connectivity index (χ1) is 9.45. The Kier molecular flexibility index (Phi) is 4.31. The molecule has 20 heavy (non-hydrogen) atoms. The van der Waals surface area contributed by atoms with E-state index in [2.05, 4.69) is 15.5 Å². The highest BCUT2D eigenvalue weighted by molar-refractivity contribution is 7.15. The maximum atomic E-state index is 11.6. The Morgan fingerprint density at radius 1 is 1.35 bits per heavy atom. The van der Waals surface area contributed by atoms with Gasteiger partial charge in [0.2, 0.25) is 5.13 Å². The van der Waals surface area contributed by atoms with Gasteiger partial charge in [0.25, 0.3) is 0 Å². The van der Waals surface area contributed by atoms with Gasteiger partial charge in [-0.15, -0.1) is 10.2 Å². The fourth-order valence-electron chi connectivity index (χ4n) is 1.37. The van der Waals surface area contributed by atoms with Gasteiger partial charge in [0, 0.05) is 0 Å². The van der Waals surface area contributed by atoms with Crippen LogP contribution in [0.4, 0.5) is 9.93 Å². The number of rotatable bonds is 4. The maximum Gasteiger partial charge on any atom is 0.413 e. The van der Waals surface area contributed by atoms with Crippen molar-refractivity contribution >= 4 is 22.6 Å². The lowest BCUT2D eigenvalue weighted by molar-refractivity contribution is 0.0775. The molecule has 0 radical (unpaired) electrons. The van der Waals surface area contributed by atoms with Gasteiger partial charge in [-0.3, -0.25) is 5.32 Å². The molecular formula is C13H15N3O3S. The van der Waals surface area contributed by atoms with Gasteiger partial charge in [-0.25, -0.2) is 4.79 Å². The van der Waals surface area contributed by atoms with Crippen LogP contribution in [0.25, 0.3) is 0 Å². The van der Waals surface area contributed by atoms with Crippen molar-refractivity contribution in [3.05, 3.63) is 40.9 Å². The summed E-state index contributed by atoms with van der Waals surface area (Å²) in [5.74, 6) is 0. The zero-order valence-corrected chi connectivity index (χ0v) is 12.0. The standard InChI is InChI=1S/C13H15N3O3S/c1-13(2,18)10-15-16-11(20-10)14-12(17)19-8-9-6-4-3-5-7-9/h3-7,18H,8H2,1-2H3,(H,14,16,17). The van der Waals surface area contributed by atoms with E-state index < -0.39 is 11.7 Å². The molecule has 2 aromatic rings. The third-order valence-electron chi connectivity index (χ3n) is 2.37. The molecule has 106 valence electrons. The molecule has 0 saturated carbocycles. The van der Waals surface area contributed by atoms with E-state index in [4.69, 9.17) is 4.74 Å². The van der Waals surface area contributed by atoms with Crippen LogP contribution < -0.4 is 5.32 Å². The summed E-state index contributed by atoms with van der Waals surface area (Å²) in [5.41, 5.74) is -0.178. The van der Waals surface area contributed by atoms with E-state index in [1.165, 1.54) is 0 Å². The lowest BCUT2D eigenvalue weighted by atomic mass is 10.2. The molecule has 1 amide bonds. The van der Waals surface area contributed by atoms with Gasteiger partial charge in [0.1, 0.15) is 17.2 Å². The number of nitrogens with one attached hydrogen (secondary N) is 1. The Labute approximate surface area is 120 Å². The third-order valence-corrected chi connectivity index (χ3v) is 3.52. The maximum absolute atomic E-state index is 11.6. The number of anilines is 1. The molecule has 2 N–H and O–H groups in total. The third kappa shape index (κ3) is 4.01. The molecular weight excluding hydrogens is 278 g/mol. The van der Waals surface area contributed by atoms with Crippen LogP contribution in [0.1, 0.15) is 24.4 Å². The zero-order valence-electron chi connectivity index (χ0n) is 11.2. The summed E-state index contributed by atoms with van der Waals surface area (Å²) < 4.78 is 5.05. The van der Waals surface area contributed by atoms with Crippen LogP contribution in [-0.2, 0) is 16.9 Å². The van der Waals surface area contributed by atoms with Crippen LogP contribution in [0.5, 0.6) is 0 Å². The molecule has 1 aromatic carbocycles. The van der Waals surface area contributed by atoms with E-state index in [0.717, 1.165) is 16.9 Å². The minimum absolute atomic E-state index is 0.184. The van der Waals surface area contributed by atoms with Gasteiger partial charge in [-0.05, 0) is 19.4 Å². The first kappa shape index (κ1) is 14.4. The lowest BCUT2D eigenvalue weighted by Crippen LogP contribution is -2.14. The SMILES string of the molecule is CC(C)(O)c1nnc(NC(=O)OCc2ccccc2)s1. The molecule has 0 aliphatic carbocycles. The van der Waals surface area contributed by atoms with Crippen molar-refractivity contribution in [2.24, 2.45) is 0 Å². The minimum Gasteiger partial charge on any atom is -0.444 e. The number of aromatic nitrogens is 2. The first-order valence-corrected chi connectivity index (χ1v) is 6.81. The Morgan fingerprint density at radius 3 is 2.65 bits per heavy atom. The lowest BCUT2D eigenvalue weighted by Gasteiger charge is -2.11. The fraction of sp³-hybridized carbons (Fsp3) is 0.308. The van der Waals surface area contributed by atoms with Gasteiger partial charge < -0.3 is 9.84 Å². The highest BCUT2D eigenvalue weighted by Gasteiger charge is 2.22. The van der Waals surface area contributed by atoms with E-state index >= 15 is 0 Å². The number of amides is 1. The van der Waals surface area contributed by atoms with Crippen LogP contribution in [0.15, 0.2) is 30.3 Å². The minimum atomic E-state index is -1.08. The van der Waals surface area contributed by atoms with Gasteiger partial charge in [0.15, 0.2) is 0 Å². The smallest absolute Gasteiger partial charge is 0.413 e. The number of nitrogens with zero attached hydrogens (tertiary/aromatic N) is 2. The normalized spacial score (nSPS) is 11.2. The summed E-state index contributed by atoms with van der Waals surface area (Å²) in [4.78, 5) is 11.6. The molecule has 2 rings (SSSR count). The predicted octanol–water partition coefficient (Wildman–Crippen LogP) is 2.51. The Balaban J connectivity index is 1.87. The number of hydrogen-bond donors (Lipinski definition) is 2. The van der Waals surface area contributed by atoms with Gasteiger partial charge in [0.05, 0.1) is 0 Å². The molecule has 0 bridgehead atoms. The number of benzene rings is 1. The summed E-state index contributed by atoms with van der Waals surface area (Å²) in [6.45, 7) is 3.39. The van der Waals surface area contributed by atoms with Crippen molar-refractivity contribution in [3.8, 4) is 0 Å². The Hall–Kier alpha value is -1.99. The van der Waals surface area contributed by atoms with E-state index in [9.17, 15) is 9.90 Å². The highest BCUT2D eigenvalue weighted by atomic mass is 32.1. The summed E-state index contributed by atoms with van der Waals surface area (Å²) in [6, 6.07) is 9.37. The predicted molar refractivity (Wildman–Crippen MR) is 75.4 cm³/mol. The second-order valence-electron chi connectivity index (χ2n) is 4.66. The van der Waals surface area contributed by atoms with Crippen LogP contribution in [0, 0.1) is 0 Å². The van der Waals surface area contributed by atoms with Crippen LogP contribution >= 0.6 is 11.3 Å². The molecule has 6 nitrogen and oxygen atoms in total. The number of ether oxygens (including phenoxy) is 1. The fourth-order valence-corrected chi connectivity index (χ4v) is 2.10. The average molecular weight is 293 g/mol. The van der Waals surface area contributed by atoms with Gasteiger partial charge in [-0.1, -0.05) is 41.7 Å².